The summed E-state index contributed by atoms with van der Waals surface area (Å²) >= 11 is 6.16. The minimum absolute atomic E-state index is 0.157. The normalized spacial score (nSPS) is 29.9. The Morgan fingerprint density at radius 2 is 1.71 bits per heavy atom. The lowest BCUT2D eigenvalue weighted by Crippen LogP contribution is -2.34. The molecule has 4 rings (SSSR count). The van der Waals surface area contributed by atoms with Gasteiger partial charge < -0.3 is 14.6 Å². The van der Waals surface area contributed by atoms with E-state index in [0.29, 0.717) is 18.1 Å². The molecule has 3 nitrogen and oxygen atoms in total. The Balaban J connectivity index is 1.94. The second-order valence-corrected chi connectivity index (χ2v) is 6.63. The maximum absolute atomic E-state index is 12.5. The smallest absolute Gasteiger partial charge is 0.131 e. The third kappa shape index (κ3) is 2.13. The molecule has 0 saturated carbocycles. The van der Waals surface area contributed by atoms with Gasteiger partial charge in [-0.05, 0) is 24.3 Å². The minimum Gasteiger partial charge on any atom is -0.633 e. The van der Waals surface area contributed by atoms with E-state index in [1.54, 1.807) is 7.05 Å². The topological polar surface area (TPSA) is 32.3 Å². The molecule has 0 aromatic heterocycles. The van der Waals surface area contributed by atoms with Crippen molar-refractivity contribution in [1.82, 2.24) is 0 Å². The molecule has 1 fully saturated rings. The number of hydrogen-bond acceptors (Lipinski definition) is 2. The van der Waals surface area contributed by atoms with Crippen molar-refractivity contribution in [3.63, 3.8) is 0 Å². The Morgan fingerprint density at radius 1 is 1.05 bits per heavy atom. The number of likely N-dealkylation sites (tertiary alicyclic amines) is 1. The molecule has 21 heavy (non-hydrogen) atoms. The van der Waals surface area contributed by atoms with Crippen LogP contribution in [0.5, 0.6) is 11.5 Å². The van der Waals surface area contributed by atoms with Gasteiger partial charge >= 0.3 is 0 Å². The van der Waals surface area contributed by atoms with Crippen LogP contribution in [0.3, 0.4) is 0 Å². The van der Waals surface area contributed by atoms with Crippen LogP contribution >= 0.6 is 11.6 Å². The van der Waals surface area contributed by atoms with Crippen molar-refractivity contribution in [2.75, 3.05) is 20.1 Å². The van der Waals surface area contributed by atoms with Gasteiger partial charge in [-0.2, -0.15) is 0 Å². The summed E-state index contributed by atoms with van der Waals surface area (Å²) in [4.78, 5) is 0. The van der Waals surface area contributed by atoms with Gasteiger partial charge in [0.05, 0.1) is 20.1 Å². The SMILES string of the molecule is C[N+]1([O-])C[C@H]2c3ccccc3Oc3ccc(Cl)cc3[C@@H]2C1. The molecule has 2 aliphatic rings. The first kappa shape index (κ1) is 13.1. The number of fused-ring (bicyclic) bond motifs is 5. The monoisotopic (exact) mass is 301 g/mol. The third-order valence-corrected chi connectivity index (χ3v) is 4.80. The predicted octanol–water partition coefficient (Wildman–Crippen LogP) is 4.27. The zero-order valence-electron chi connectivity index (χ0n) is 11.8. The van der Waals surface area contributed by atoms with E-state index < -0.39 is 0 Å². The van der Waals surface area contributed by atoms with E-state index >= 15 is 0 Å². The van der Waals surface area contributed by atoms with Crippen molar-refractivity contribution in [3.8, 4) is 11.5 Å². The number of benzene rings is 2. The highest BCUT2D eigenvalue weighted by molar-refractivity contribution is 6.30. The summed E-state index contributed by atoms with van der Waals surface area (Å²) in [6.45, 7) is 1.15. The summed E-state index contributed by atoms with van der Waals surface area (Å²) in [6, 6.07) is 13.7. The Labute approximate surface area is 128 Å². The quantitative estimate of drug-likeness (QED) is 0.537. The molecule has 1 saturated heterocycles. The molecule has 0 radical (unpaired) electrons. The van der Waals surface area contributed by atoms with Crippen molar-refractivity contribution in [2.45, 2.75) is 11.8 Å². The first-order valence-corrected chi connectivity index (χ1v) is 7.53. The van der Waals surface area contributed by atoms with Crippen LogP contribution in [-0.4, -0.2) is 24.8 Å². The maximum atomic E-state index is 12.5. The van der Waals surface area contributed by atoms with Crippen molar-refractivity contribution in [3.05, 3.63) is 63.8 Å². The molecular formula is C17H16ClNO2. The van der Waals surface area contributed by atoms with Gasteiger partial charge in [-0.3, -0.25) is 0 Å². The molecule has 2 aromatic rings. The predicted molar refractivity (Wildman–Crippen MR) is 82.7 cm³/mol. The lowest BCUT2D eigenvalue weighted by atomic mass is 9.84. The molecule has 0 spiro atoms. The molecule has 0 amide bonds. The number of quaternary nitrogens is 1. The third-order valence-electron chi connectivity index (χ3n) is 4.56. The molecule has 3 atom stereocenters. The molecule has 0 aliphatic carbocycles. The van der Waals surface area contributed by atoms with Crippen LogP contribution in [0.4, 0.5) is 0 Å². The molecule has 108 valence electrons. The number of rotatable bonds is 0. The highest BCUT2D eigenvalue weighted by Crippen LogP contribution is 2.51. The average molecular weight is 302 g/mol. The zero-order valence-corrected chi connectivity index (χ0v) is 12.5. The van der Waals surface area contributed by atoms with Crippen LogP contribution in [-0.2, 0) is 0 Å². The first-order chi connectivity index (χ1) is 10.0. The summed E-state index contributed by atoms with van der Waals surface area (Å²) in [7, 11) is 1.75. The number of halogens is 1. The van der Waals surface area contributed by atoms with Crippen LogP contribution < -0.4 is 4.74 Å². The second kappa shape index (κ2) is 4.47. The number of ether oxygens (including phenoxy) is 1. The molecule has 4 heteroatoms. The molecule has 0 bridgehead atoms. The number of hydrogen-bond donors (Lipinski definition) is 0. The fourth-order valence-electron chi connectivity index (χ4n) is 3.69. The largest absolute Gasteiger partial charge is 0.633 e. The van der Waals surface area contributed by atoms with E-state index in [1.165, 1.54) is 0 Å². The Morgan fingerprint density at radius 3 is 2.52 bits per heavy atom. The summed E-state index contributed by atoms with van der Waals surface area (Å²) in [5.41, 5.74) is 2.19. The summed E-state index contributed by atoms with van der Waals surface area (Å²) in [6.07, 6.45) is 0. The molecule has 2 aromatic carbocycles. The van der Waals surface area contributed by atoms with Crippen molar-refractivity contribution < 1.29 is 9.38 Å². The average Bonchev–Trinajstić information content (AvgIpc) is 2.71. The van der Waals surface area contributed by atoms with E-state index in [9.17, 15) is 5.21 Å². The van der Waals surface area contributed by atoms with E-state index in [4.69, 9.17) is 16.3 Å². The molecule has 2 aliphatic heterocycles. The molecular weight excluding hydrogens is 286 g/mol. The van der Waals surface area contributed by atoms with Crippen LogP contribution in [0.25, 0.3) is 0 Å². The van der Waals surface area contributed by atoms with Gasteiger partial charge in [0, 0.05) is 28.0 Å². The van der Waals surface area contributed by atoms with Crippen molar-refractivity contribution in [2.24, 2.45) is 0 Å². The minimum atomic E-state index is -0.213. The summed E-state index contributed by atoms with van der Waals surface area (Å²) in [5.74, 6) is 2.02. The van der Waals surface area contributed by atoms with E-state index in [1.807, 2.05) is 36.4 Å². The Hall–Kier alpha value is -1.55. The van der Waals surface area contributed by atoms with Gasteiger partial charge in [0.25, 0.3) is 0 Å². The summed E-state index contributed by atoms with van der Waals surface area (Å²) < 4.78 is 5.88. The molecule has 1 unspecified atom stereocenters. The lowest BCUT2D eigenvalue weighted by molar-refractivity contribution is -0.848. The van der Waals surface area contributed by atoms with E-state index in [0.717, 1.165) is 22.6 Å². The first-order valence-electron chi connectivity index (χ1n) is 7.15. The van der Waals surface area contributed by atoms with Gasteiger partial charge in [0.1, 0.15) is 11.5 Å². The molecule has 2 heterocycles. The van der Waals surface area contributed by atoms with E-state index in [2.05, 4.69) is 6.07 Å². The highest BCUT2D eigenvalue weighted by atomic mass is 35.5. The molecule has 0 N–H and O–H groups in total. The van der Waals surface area contributed by atoms with Crippen LogP contribution in [0.15, 0.2) is 42.5 Å². The number of hydroxylamine groups is 3. The van der Waals surface area contributed by atoms with Gasteiger partial charge in [-0.15, -0.1) is 0 Å². The van der Waals surface area contributed by atoms with Crippen molar-refractivity contribution >= 4 is 11.6 Å². The van der Waals surface area contributed by atoms with Crippen LogP contribution in [0, 0.1) is 5.21 Å². The van der Waals surface area contributed by atoms with Crippen LogP contribution in [0.2, 0.25) is 5.02 Å². The van der Waals surface area contributed by atoms with Gasteiger partial charge in [-0.1, -0.05) is 29.8 Å². The Bertz CT molecular complexity index is 714. The highest BCUT2D eigenvalue weighted by Gasteiger charge is 2.44. The number of nitrogens with zero attached hydrogens (tertiary/aromatic N) is 1. The fraction of sp³-hybridized carbons (Fsp3) is 0.294. The van der Waals surface area contributed by atoms with Gasteiger partial charge in [-0.25, -0.2) is 0 Å². The van der Waals surface area contributed by atoms with E-state index in [-0.39, 0.29) is 16.5 Å². The van der Waals surface area contributed by atoms with Crippen LogP contribution in [0.1, 0.15) is 23.0 Å². The fourth-order valence-corrected chi connectivity index (χ4v) is 3.87. The standard InChI is InChI=1S/C17H16ClNO2/c1-19(20)9-14-12-4-2-3-5-16(12)21-17-7-6-11(18)8-13(17)15(14)10-19/h2-8,14-15H,9-10H2,1H3/t14-,15-,19?/m0/s1. The van der Waals surface area contributed by atoms with Crippen molar-refractivity contribution in [1.29, 1.82) is 0 Å². The lowest BCUT2D eigenvalue weighted by Gasteiger charge is -2.34. The second-order valence-electron chi connectivity index (χ2n) is 6.20. The number of likely N-dealkylation sites (N-methyl/N-ethyl adjacent to an activating group) is 1. The van der Waals surface area contributed by atoms with Gasteiger partial charge in [0.2, 0.25) is 0 Å². The Kier molecular flexibility index (Phi) is 2.80. The zero-order chi connectivity index (χ0) is 14.6. The maximum Gasteiger partial charge on any atom is 0.131 e. The van der Waals surface area contributed by atoms with Gasteiger partial charge in [0.15, 0.2) is 0 Å². The number of para-hydroxylation sites is 1. The summed E-state index contributed by atoms with van der Waals surface area (Å²) in [5, 5.41) is 13.2.